The van der Waals surface area contributed by atoms with Crippen LogP contribution >= 0.6 is 11.6 Å². The molecular formula is C27H21ClN4. The first-order chi connectivity index (χ1) is 15.8. The SMILES string of the molecule is Clc1cccc(N[C@H]2c3ccccc3N3[C@@H]4c5ccccc5N[C@H]3c3ccccc3N42)c1. The monoisotopic (exact) mass is 436 g/mol. The third-order valence-corrected chi connectivity index (χ3v) is 7.00. The molecule has 5 heteroatoms. The number of fused-ring (bicyclic) bond motifs is 5. The minimum absolute atomic E-state index is 0.0424. The molecule has 32 heavy (non-hydrogen) atoms. The van der Waals surface area contributed by atoms with Crippen LogP contribution in [0.15, 0.2) is 97.1 Å². The molecule has 156 valence electrons. The lowest BCUT2D eigenvalue weighted by Crippen LogP contribution is -2.58. The highest BCUT2D eigenvalue weighted by atomic mass is 35.5. The van der Waals surface area contributed by atoms with E-state index >= 15 is 0 Å². The van der Waals surface area contributed by atoms with Gasteiger partial charge in [0.2, 0.25) is 0 Å². The van der Waals surface area contributed by atoms with Gasteiger partial charge in [-0.1, -0.05) is 72.3 Å². The van der Waals surface area contributed by atoms with E-state index < -0.39 is 0 Å². The van der Waals surface area contributed by atoms with Gasteiger partial charge in [0.15, 0.2) is 0 Å². The lowest BCUT2D eigenvalue weighted by Gasteiger charge is -2.60. The fraction of sp³-hybridized carbons (Fsp3) is 0.111. The zero-order valence-electron chi connectivity index (χ0n) is 17.2. The summed E-state index contributed by atoms with van der Waals surface area (Å²) in [5.41, 5.74) is 8.51. The maximum Gasteiger partial charge on any atom is 0.134 e. The molecule has 3 heterocycles. The number of benzene rings is 4. The second-order valence-corrected chi connectivity index (χ2v) is 8.93. The van der Waals surface area contributed by atoms with Crippen LogP contribution in [0.1, 0.15) is 35.2 Å². The van der Waals surface area contributed by atoms with Gasteiger partial charge in [-0.15, -0.1) is 0 Å². The Labute approximate surface area is 192 Å². The van der Waals surface area contributed by atoms with E-state index in [2.05, 4.69) is 99.3 Å². The van der Waals surface area contributed by atoms with Gasteiger partial charge in [-0.05, 0) is 36.4 Å². The molecule has 3 aliphatic heterocycles. The van der Waals surface area contributed by atoms with Crippen LogP contribution in [-0.4, -0.2) is 0 Å². The highest BCUT2D eigenvalue weighted by molar-refractivity contribution is 6.30. The molecular weight excluding hydrogens is 416 g/mol. The lowest BCUT2D eigenvalue weighted by atomic mass is 9.88. The van der Waals surface area contributed by atoms with E-state index in [0.717, 1.165) is 10.7 Å². The predicted octanol–water partition coefficient (Wildman–Crippen LogP) is 6.91. The van der Waals surface area contributed by atoms with Crippen molar-refractivity contribution in [2.75, 3.05) is 20.4 Å². The Morgan fingerprint density at radius 3 is 2.19 bits per heavy atom. The fourth-order valence-corrected chi connectivity index (χ4v) is 5.69. The quantitative estimate of drug-likeness (QED) is 0.357. The Morgan fingerprint density at radius 2 is 1.38 bits per heavy atom. The van der Waals surface area contributed by atoms with Crippen molar-refractivity contribution >= 4 is 34.4 Å². The van der Waals surface area contributed by atoms with E-state index in [9.17, 15) is 0 Å². The molecule has 4 bridgehead atoms. The van der Waals surface area contributed by atoms with Gasteiger partial charge in [0, 0.05) is 44.5 Å². The normalized spacial score (nSPS) is 21.7. The summed E-state index contributed by atoms with van der Waals surface area (Å²) in [7, 11) is 0. The van der Waals surface area contributed by atoms with Crippen molar-refractivity contribution in [1.82, 2.24) is 0 Å². The summed E-state index contributed by atoms with van der Waals surface area (Å²) in [5, 5.41) is 8.35. The van der Waals surface area contributed by atoms with Gasteiger partial charge in [0.05, 0.1) is 0 Å². The van der Waals surface area contributed by atoms with E-state index in [0.29, 0.717) is 0 Å². The maximum atomic E-state index is 6.33. The Morgan fingerprint density at radius 1 is 0.688 bits per heavy atom. The minimum atomic E-state index is -0.0424. The van der Waals surface area contributed by atoms with E-state index in [1.807, 2.05) is 18.2 Å². The summed E-state index contributed by atoms with van der Waals surface area (Å²) in [6, 6.07) is 34.1. The van der Waals surface area contributed by atoms with Crippen LogP contribution in [0.2, 0.25) is 5.02 Å². The molecule has 0 fully saturated rings. The third-order valence-electron chi connectivity index (χ3n) is 6.76. The number of hydrogen-bond donors (Lipinski definition) is 2. The number of rotatable bonds is 2. The molecule has 0 aliphatic carbocycles. The highest BCUT2D eigenvalue weighted by Gasteiger charge is 2.50. The Balaban J connectivity index is 1.50. The van der Waals surface area contributed by atoms with Gasteiger partial charge in [0.25, 0.3) is 0 Å². The number of nitrogens with zero attached hydrogens (tertiary/aromatic N) is 2. The van der Waals surface area contributed by atoms with Crippen molar-refractivity contribution in [2.45, 2.75) is 18.5 Å². The van der Waals surface area contributed by atoms with Gasteiger partial charge in [-0.2, -0.15) is 0 Å². The first-order valence-electron chi connectivity index (χ1n) is 10.9. The van der Waals surface area contributed by atoms with Crippen molar-refractivity contribution < 1.29 is 0 Å². The van der Waals surface area contributed by atoms with Crippen molar-refractivity contribution in [1.29, 1.82) is 0 Å². The molecule has 4 nitrogen and oxygen atoms in total. The lowest BCUT2D eigenvalue weighted by molar-refractivity contribution is 0.432. The van der Waals surface area contributed by atoms with Gasteiger partial charge < -0.3 is 20.4 Å². The molecule has 4 aromatic rings. The summed E-state index contributed by atoms with van der Waals surface area (Å²) >= 11 is 6.33. The largest absolute Gasteiger partial charge is 0.361 e. The molecule has 0 spiro atoms. The summed E-state index contributed by atoms with van der Waals surface area (Å²) in [4.78, 5) is 5.05. The van der Waals surface area contributed by atoms with Crippen LogP contribution in [0.25, 0.3) is 0 Å². The van der Waals surface area contributed by atoms with Crippen molar-refractivity contribution in [3.05, 3.63) is 119 Å². The molecule has 0 aromatic heterocycles. The topological polar surface area (TPSA) is 30.5 Å². The molecule has 0 saturated heterocycles. The molecule has 0 radical (unpaired) electrons. The summed E-state index contributed by atoms with van der Waals surface area (Å²) < 4.78 is 0. The second kappa shape index (κ2) is 6.68. The highest BCUT2D eigenvalue weighted by Crippen LogP contribution is 2.58. The van der Waals surface area contributed by atoms with E-state index in [1.165, 1.54) is 33.8 Å². The van der Waals surface area contributed by atoms with Crippen molar-refractivity contribution in [2.24, 2.45) is 0 Å². The third kappa shape index (κ3) is 2.44. The molecule has 0 saturated carbocycles. The van der Waals surface area contributed by atoms with E-state index in [4.69, 9.17) is 11.6 Å². The van der Waals surface area contributed by atoms with Gasteiger partial charge in [-0.3, -0.25) is 0 Å². The number of hydrogen-bond acceptors (Lipinski definition) is 4. The van der Waals surface area contributed by atoms with Crippen LogP contribution < -0.4 is 20.4 Å². The number of para-hydroxylation sites is 3. The van der Waals surface area contributed by atoms with Gasteiger partial charge in [0.1, 0.15) is 18.5 Å². The van der Waals surface area contributed by atoms with E-state index in [-0.39, 0.29) is 18.5 Å². The second-order valence-electron chi connectivity index (χ2n) is 8.50. The number of anilines is 4. The Bertz CT molecular complexity index is 1350. The van der Waals surface area contributed by atoms with Gasteiger partial charge in [-0.25, -0.2) is 0 Å². The molecule has 7 rings (SSSR count). The Kier molecular flexibility index (Phi) is 3.76. The first kappa shape index (κ1) is 18.0. The van der Waals surface area contributed by atoms with Crippen LogP contribution in [0.5, 0.6) is 0 Å². The molecule has 0 amide bonds. The van der Waals surface area contributed by atoms with Crippen LogP contribution in [0, 0.1) is 0 Å². The van der Waals surface area contributed by atoms with Crippen molar-refractivity contribution in [3.8, 4) is 0 Å². The predicted molar refractivity (Wildman–Crippen MR) is 131 cm³/mol. The van der Waals surface area contributed by atoms with Crippen molar-refractivity contribution in [3.63, 3.8) is 0 Å². The average molecular weight is 437 g/mol. The molecule has 3 aliphatic rings. The minimum Gasteiger partial charge on any atom is -0.361 e. The molecule has 4 aromatic carbocycles. The molecule has 2 N–H and O–H groups in total. The first-order valence-corrected chi connectivity index (χ1v) is 11.3. The zero-order valence-corrected chi connectivity index (χ0v) is 18.0. The van der Waals surface area contributed by atoms with E-state index in [1.54, 1.807) is 0 Å². The standard InChI is InChI=1S/C27H21ClN4/c28-17-8-7-9-18(16-17)29-25-20-11-2-5-14-23(20)32-26-21-12-3-6-15-24(21)31(25)27(32)19-10-1-4-13-22(19)30-26/h1-16,25-27,29-30H/t25-,26-,27-/m1/s1. The zero-order chi connectivity index (χ0) is 21.2. The summed E-state index contributed by atoms with van der Waals surface area (Å²) in [6.07, 6.45) is 0.119. The van der Waals surface area contributed by atoms with Crippen LogP contribution in [-0.2, 0) is 0 Å². The maximum absolute atomic E-state index is 6.33. The molecule has 3 atom stereocenters. The summed E-state index contributed by atoms with van der Waals surface area (Å²) in [6.45, 7) is 0. The molecule has 0 unspecified atom stereocenters. The smallest absolute Gasteiger partial charge is 0.134 e. The van der Waals surface area contributed by atoms with Crippen LogP contribution in [0.4, 0.5) is 22.7 Å². The summed E-state index contributed by atoms with van der Waals surface area (Å²) in [5.74, 6) is 0. The fourth-order valence-electron chi connectivity index (χ4n) is 5.50. The average Bonchev–Trinajstić information content (AvgIpc) is 2.83. The number of nitrogens with one attached hydrogen (secondary N) is 2. The number of halogens is 1. The van der Waals surface area contributed by atoms with Crippen LogP contribution in [0.3, 0.4) is 0 Å². The Hall–Kier alpha value is -3.63. The van der Waals surface area contributed by atoms with Gasteiger partial charge >= 0.3 is 0 Å².